The van der Waals surface area contributed by atoms with E-state index in [1.54, 1.807) is 31.2 Å². The zero-order valence-corrected chi connectivity index (χ0v) is 8.93. The highest BCUT2D eigenvalue weighted by Gasteiger charge is 2.05. The zero-order chi connectivity index (χ0) is 12.0. The van der Waals surface area contributed by atoms with E-state index in [9.17, 15) is 9.59 Å². The highest BCUT2D eigenvalue weighted by atomic mass is 16.3. The standard InChI is InChI=1S/C11H14N2O3/c1-8(15)6-12-11(16)9-2-4-10(5-3-9)13-7-14/h2-5,7-8,15H,6H2,1H3,(H,12,16)(H,13,14). The third kappa shape index (κ3) is 3.70. The van der Waals surface area contributed by atoms with Gasteiger partial charge >= 0.3 is 0 Å². The Kier molecular flexibility index (Phi) is 4.47. The highest BCUT2D eigenvalue weighted by Crippen LogP contribution is 2.08. The van der Waals surface area contributed by atoms with Crippen LogP contribution in [0.5, 0.6) is 0 Å². The van der Waals surface area contributed by atoms with Gasteiger partial charge < -0.3 is 15.7 Å². The Morgan fingerprint density at radius 2 is 2.06 bits per heavy atom. The van der Waals surface area contributed by atoms with E-state index in [4.69, 9.17) is 5.11 Å². The minimum atomic E-state index is -0.569. The summed E-state index contributed by atoms with van der Waals surface area (Å²) in [5.41, 5.74) is 1.11. The molecule has 1 unspecified atom stereocenters. The monoisotopic (exact) mass is 222 g/mol. The molecule has 0 aliphatic carbocycles. The maximum absolute atomic E-state index is 11.5. The SMILES string of the molecule is CC(O)CNC(=O)c1ccc(NC=O)cc1. The Bertz CT molecular complexity index is 360. The summed E-state index contributed by atoms with van der Waals surface area (Å²) < 4.78 is 0. The summed E-state index contributed by atoms with van der Waals surface area (Å²) in [7, 11) is 0. The van der Waals surface area contributed by atoms with E-state index in [2.05, 4.69) is 10.6 Å². The van der Waals surface area contributed by atoms with E-state index in [-0.39, 0.29) is 12.5 Å². The van der Waals surface area contributed by atoms with E-state index in [0.29, 0.717) is 17.7 Å². The molecular formula is C11H14N2O3. The van der Waals surface area contributed by atoms with Crippen molar-refractivity contribution in [3.63, 3.8) is 0 Å². The summed E-state index contributed by atoms with van der Waals surface area (Å²) in [5.74, 6) is -0.251. The molecule has 0 fully saturated rings. The fraction of sp³-hybridized carbons (Fsp3) is 0.273. The van der Waals surface area contributed by atoms with Crippen molar-refractivity contribution in [2.45, 2.75) is 13.0 Å². The first kappa shape index (κ1) is 12.2. The van der Waals surface area contributed by atoms with Crippen LogP contribution in [-0.2, 0) is 4.79 Å². The van der Waals surface area contributed by atoms with Crippen LogP contribution in [-0.4, -0.2) is 30.1 Å². The third-order valence-electron chi connectivity index (χ3n) is 1.93. The molecule has 0 bridgehead atoms. The molecule has 1 atom stereocenters. The van der Waals surface area contributed by atoms with Crippen molar-refractivity contribution in [2.24, 2.45) is 0 Å². The van der Waals surface area contributed by atoms with Gasteiger partial charge in [0.05, 0.1) is 6.10 Å². The van der Waals surface area contributed by atoms with Gasteiger partial charge in [0.1, 0.15) is 0 Å². The predicted octanol–water partition coefficient (Wildman–Crippen LogP) is 0.365. The molecule has 5 heteroatoms. The number of aliphatic hydroxyl groups is 1. The molecule has 16 heavy (non-hydrogen) atoms. The topological polar surface area (TPSA) is 78.4 Å². The van der Waals surface area contributed by atoms with Crippen LogP contribution < -0.4 is 10.6 Å². The van der Waals surface area contributed by atoms with Gasteiger partial charge in [0, 0.05) is 17.8 Å². The maximum atomic E-state index is 11.5. The molecule has 1 aromatic rings. The minimum absolute atomic E-state index is 0.215. The first-order chi connectivity index (χ1) is 7.63. The molecule has 0 aromatic heterocycles. The Hall–Kier alpha value is -1.88. The molecule has 0 saturated heterocycles. The minimum Gasteiger partial charge on any atom is -0.392 e. The number of rotatable bonds is 5. The van der Waals surface area contributed by atoms with Crippen LogP contribution in [0.25, 0.3) is 0 Å². The molecule has 2 amide bonds. The first-order valence-electron chi connectivity index (χ1n) is 4.90. The fourth-order valence-corrected chi connectivity index (χ4v) is 1.13. The number of carbonyl (C=O) groups is 2. The van der Waals surface area contributed by atoms with Crippen molar-refractivity contribution in [2.75, 3.05) is 11.9 Å². The number of benzene rings is 1. The summed E-state index contributed by atoms with van der Waals surface area (Å²) in [6.07, 6.45) is 0.00246. The summed E-state index contributed by atoms with van der Waals surface area (Å²) in [4.78, 5) is 21.7. The number of carbonyl (C=O) groups excluding carboxylic acids is 2. The molecule has 0 spiro atoms. The molecule has 3 N–H and O–H groups in total. The van der Waals surface area contributed by atoms with Crippen LogP contribution in [0.1, 0.15) is 17.3 Å². The second-order valence-electron chi connectivity index (χ2n) is 3.40. The molecular weight excluding hydrogens is 208 g/mol. The van der Waals surface area contributed by atoms with Crippen LogP contribution in [0.2, 0.25) is 0 Å². The normalized spacial score (nSPS) is 11.6. The zero-order valence-electron chi connectivity index (χ0n) is 8.93. The smallest absolute Gasteiger partial charge is 0.251 e. The molecule has 0 aliphatic rings. The lowest BCUT2D eigenvalue weighted by Gasteiger charge is -2.07. The average molecular weight is 222 g/mol. The highest BCUT2D eigenvalue weighted by molar-refractivity contribution is 5.94. The van der Waals surface area contributed by atoms with Crippen LogP contribution in [0.3, 0.4) is 0 Å². The number of hydrogen-bond acceptors (Lipinski definition) is 3. The van der Waals surface area contributed by atoms with Crippen molar-refractivity contribution < 1.29 is 14.7 Å². The van der Waals surface area contributed by atoms with Gasteiger partial charge in [0.15, 0.2) is 0 Å². The van der Waals surface area contributed by atoms with Gasteiger partial charge in [-0.2, -0.15) is 0 Å². The lowest BCUT2D eigenvalue weighted by molar-refractivity contribution is -0.105. The number of aliphatic hydroxyl groups excluding tert-OH is 1. The molecule has 0 heterocycles. The van der Waals surface area contributed by atoms with Crippen LogP contribution in [0.15, 0.2) is 24.3 Å². The van der Waals surface area contributed by atoms with Crippen molar-refractivity contribution in [1.29, 1.82) is 0 Å². The van der Waals surface area contributed by atoms with E-state index < -0.39 is 6.10 Å². The van der Waals surface area contributed by atoms with Crippen molar-refractivity contribution >= 4 is 18.0 Å². The van der Waals surface area contributed by atoms with E-state index in [1.165, 1.54) is 0 Å². The summed E-state index contributed by atoms with van der Waals surface area (Å²) >= 11 is 0. The van der Waals surface area contributed by atoms with Crippen molar-refractivity contribution in [3.8, 4) is 0 Å². The Labute approximate surface area is 93.5 Å². The molecule has 0 aliphatic heterocycles. The average Bonchev–Trinajstić information content (AvgIpc) is 2.27. The third-order valence-corrected chi connectivity index (χ3v) is 1.93. The number of hydrogen-bond donors (Lipinski definition) is 3. The predicted molar refractivity (Wildman–Crippen MR) is 60.1 cm³/mol. The van der Waals surface area contributed by atoms with Crippen LogP contribution >= 0.6 is 0 Å². The molecule has 1 rings (SSSR count). The number of anilines is 1. The second-order valence-corrected chi connectivity index (χ2v) is 3.40. The fourth-order valence-electron chi connectivity index (χ4n) is 1.13. The van der Waals surface area contributed by atoms with Gasteiger partial charge in [-0.25, -0.2) is 0 Å². The van der Waals surface area contributed by atoms with Crippen molar-refractivity contribution in [3.05, 3.63) is 29.8 Å². The quantitative estimate of drug-likeness (QED) is 0.630. The summed E-state index contributed by atoms with van der Waals surface area (Å²) in [6, 6.07) is 6.46. The van der Waals surface area contributed by atoms with Gasteiger partial charge in [0.2, 0.25) is 6.41 Å². The van der Waals surface area contributed by atoms with Gasteiger partial charge in [-0.05, 0) is 31.2 Å². The number of amides is 2. The Morgan fingerprint density at radius 1 is 1.44 bits per heavy atom. The Balaban J connectivity index is 2.59. The van der Waals surface area contributed by atoms with Gasteiger partial charge in [-0.15, -0.1) is 0 Å². The lowest BCUT2D eigenvalue weighted by Crippen LogP contribution is -2.30. The molecule has 0 saturated carbocycles. The van der Waals surface area contributed by atoms with E-state index in [0.717, 1.165) is 0 Å². The maximum Gasteiger partial charge on any atom is 0.251 e. The van der Waals surface area contributed by atoms with Gasteiger partial charge in [-0.3, -0.25) is 9.59 Å². The van der Waals surface area contributed by atoms with E-state index in [1.807, 2.05) is 0 Å². The van der Waals surface area contributed by atoms with Crippen LogP contribution in [0.4, 0.5) is 5.69 Å². The van der Waals surface area contributed by atoms with Gasteiger partial charge in [-0.1, -0.05) is 0 Å². The molecule has 5 nitrogen and oxygen atoms in total. The summed E-state index contributed by atoms with van der Waals surface area (Å²) in [6.45, 7) is 1.81. The summed E-state index contributed by atoms with van der Waals surface area (Å²) in [5, 5.41) is 14.0. The van der Waals surface area contributed by atoms with Crippen LogP contribution in [0, 0.1) is 0 Å². The lowest BCUT2D eigenvalue weighted by atomic mass is 10.2. The van der Waals surface area contributed by atoms with Gasteiger partial charge in [0.25, 0.3) is 5.91 Å². The molecule has 0 radical (unpaired) electrons. The van der Waals surface area contributed by atoms with E-state index >= 15 is 0 Å². The second kappa shape index (κ2) is 5.87. The number of nitrogens with one attached hydrogen (secondary N) is 2. The Morgan fingerprint density at radius 3 is 2.56 bits per heavy atom. The first-order valence-corrected chi connectivity index (χ1v) is 4.90. The van der Waals surface area contributed by atoms with Crippen molar-refractivity contribution in [1.82, 2.24) is 5.32 Å². The molecule has 86 valence electrons. The largest absolute Gasteiger partial charge is 0.392 e. The molecule has 1 aromatic carbocycles.